The number of alkyl halides is 2. The van der Waals surface area contributed by atoms with Gasteiger partial charge in [0, 0.05) is 23.4 Å². The zero-order valence-corrected chi connectivity index (χ0v) is 12.4. The van der Waals surface area contributed by atoms with E-state index >= 15 is 0 Å². The molecular formula is C15H16ClF2N3. The van der Waals surface area contributed by atoms with Gasteiger partial charge in [-0.3, -0.25) is 4.68 Å². The van der Waals surface area contributed by atoms with Crippen molar-refractivity contribution in [2.24, 2.45) is 11.3 Å². The maximum atomic E-state index is 13.8. The molecule has 0 saturated heterocycles. The molecule has 1 heterocycles. The molecule has 2 unspecified atom stereocenters. The summed E-state index contributed by atoms with van der Waals surface area (Å²) in [6, 6.07) is 7.39. The van der Waals surface area contributed by atoms with Gasteiger partial charge >= 0.3 is 0 Å². The molecule has 1 aromatic heterocycles. The first-order chi connectivity index (χ1) is 9.92. The van der Waals surface area contributed by atoms with E-state index in [0.29, 0.717) is 18.0 Å². The van der Waals surface area contributed by atoms with Crippen LogP contribution in [0.1, 0.15) is 18.9 Å². The lowest BCUT2D eigenvalue weighted by Gasteiger charge is -2.24. The molecule has 2 atom stereocenters. The van der Waals surface area contributed by atoms with E-state index in [0.717, 1.165) is 5.56 Å². The number of benzene rings is 1. The lowest BCUT2D eigenvalue weighted by Crippen LogP contribution is -2.26. The largest absolute Gasteiger partial charge is 0.254 e. The summed E-state index contributed by atoms with van der Waals surface area (Å²) in [5.41, 5.74) is -0.105. The monoisotopic (exact) mass is 311 g/mol. The van der Waals surface area contributed by atoms with Crippen LogP contribution in [-0.2, 0) is 13.0 Å². The molecule has 0 amide bonds. The van der Waals surface area contributed by atoms with E-state index in [1.165, 1.54) is 6.33 Å². The SMILES string of the molecule is CC1(C(Cc2ccccc2Cl)Cn2cncn2)CC1(F)F. The van der Waals surface area contributed by atoms with Crippen molar-refractivity contribution in [2.45, 2.75) is 32.2 Å². The van der Waals surface area contributed by atoms with Gasteiger partial charge in [0.1, 0.15) is 12.7 Å². The Labute approximate surface area is 126 Å². The molecular weight excluding hydrogens is 296 g/mol. The second-order valence-corrected chi connectivity index (χ2v) is 6.32. The Kier molecular flexibility index (Phi) is 3.48. The van der Waals surface area contributed by atoms with Crippen molar-refractivity contribution < 1.29 is 8.78 Å². The van der Waals surface area contributed by atoms with Crippen molar-refractivity contribution in [3.05, 3.63) is 47.5 Å². The van der Waals surface area contributed by atoms with Crippen molar-refractivity contribution in [3.8, 4) is 0 Å². The van der Waals surface area contributed by atoms with Crippen LogP contribution in [0.4, 0.5) is 8.78 Å². The minimum Gasteiger partial charge on any atom is -0.253 e. The number of rotatable bonds is 5. The van der Waals surface area contributed by atoms with Crippen molar-refractivity contribution in [3.63, 3.8) is 0 Å². The Balaban J connectivity index is 1.85. The Morgan fingerprint density at radius 2 is 2.10 bits per heavy atom. The highest BCUT2D eigenvalue weighted by Gasteiger charge is 2.70. The van der Waals surface area contributed by atoms with Crippen LogP contribution in [0.25, 0.3) is 0 Å². The predicted molar refractivity (Wildman–Crippen MR) is 76.3 cm³/mol. The van der Waals surface area contributed by atoms with Gasteiger partial charge in [-0.1, -0.05) is 36.7 Å². The van der Waals surface area contributed by atoms with E-state index in [2.05, 4.69) is 10.1 Å². The third-order valence-corrected chi connectivity index (χ3v) is 4.87. The van der Waals surface area contributed by atoms with Gasteiger partial charge in [0.2, 0.25) is 0 Å². The van der Waals surface area contributed by atoms with Gasteiger partial charge in [0.05, 0.1) is 0 Å². The van der Waals surface area contributed by atoms with Gasteiger partial charge in [-0.2, -0.15) is 5.10 Å². The highest BCUT2D eigenvalue weighted by molar-refractivity contribution is 6.31. The fourth-order valence-electron chi connectivity index (χ4n) is 2.83. The van der Waals surface area contributed by atoms with Crippen LogP contribution in [0, 0.1) is 11.3 Å². The standard InChI is InChI=1S/C15H16ClF2N3/c1-14(8-15(14,17)18)12(7-21-10-19-9-20-21)6-11-4-2-3-5-13(11)16/h2-5,9-10,12H,6-8H2,1H3. The lowest BCUT2D eigenvalue weighted by atomic mass is 9.84. The van der Waals surface area contributed by atoms with Crippen LogP contribution in [0.3, 0.4) is 0 Å². The summed E-state index contributed by atoms with van der Waals surface area (Å²) in [6.07, 6.45) is 3.40. The highest BCUT2D eigenvalue weighted by Crippen LogP contribution is 2.65. The quantitative estimate of drug-likeness (QED) is 0.840. The fourth-order valence-corrected chi connectivity index (χ4v) is 3.05. The van der Waals surface area contributed by atoms with Crippen LogP contribution in [0.15, 0.2) is 36.9 Å². The molecule has 0 spiro atoms. The molecule has 21 heavy (non-hydrogen) atoms. The van der Waals surface area contributed by atoms with Gasteiger partial charge in [0.15, 0.2) is 0 Å². The highest BCUT2D eigenvalue weighted by atomic mass is 35.5. The van der Waals surface area contributed by atoms with Crippen LogP contribution >= 0.6 is 11.6 Å². The van der Waals surface area contributed by atoms with Crippen LogP contribution in [-0.4, -0.2) is 20.7 Å². The Morgan fingerprint density at radius 1 is 1.38 bits per heavy atom. The van der Waals surface area contributed by atoms with E-state index in [1.54, 1.807) is 24.0 Å². The van der Waals surface area contributed by atoms with Crippen molar-refractivity contribution in [1.29, 1.82) is 0 Å². The molecule has 1 fully saturated rings. The average molecular weight is 312 g/mol. The van der Waals surface area contributed by atoms with E-state index < -0.39 is 11.3 Å². The number of halogens is 3. The van der Waals surface area contributed by atoms with Gasteiger partial charge in [-0.15, -0.1) is 0 Å². The summed E-state index contributed by atoms with van der Waals surface area (Å²) >= 11 is 6.17. The molecule has 1 saturated carbocycles. The van der Waals surface area contributed by atoms with E-state index in [-0.39, 0.29) is 12.3 Å². The molecule has 112 valence electrons. The summed E-state index contributed by atoms with van der Waals surface area (Å²) < 4.78 is 29.2. The van der Waals surface area contributed by atoms with Gasteiger partial charge in [-0.25, -0.2) is 13.8 Å². The molecule has 0 aliphatic heterocycles. The molecule has 1 aliphatic carbocycles. The summed E-state index contributed by atoms with van der Waals surface area (Å²) in [5, 5.41) is 4.66. The van der Waals surface area contributed by atoms with E-state index in [1.807, 2.05) is 18.2 Å². The number of hydrogen-bond acceptors (Lipinski definition) is 2. The van der Waals surface area contributed by atoms with Crippen molar-refractivity contribution in [2.75, 3.05) is 0 Å². The normalized spacial score (nSPS) is 24.8. The van der Waals surface area contributed by atoms with Crippen molar-refractivity contribution in [1.82, 2.24) is 14.8 Å². The second-order valence-electron chi connectivity index (χ2n) is 5.91. The van der Waals surface area contributed by atoms with Crippen LogP contribution in [0.5, 0.6) is 0 Å². The first kappa shape index (κ1) is 14.4. The van der Waals surface area contributed by atoms with E-state index in [9.17, 15) is 8.78 Å². The lowest BCUT2D eigenvalue weighted by molar-refractivity contribution is 0.0410. The molecule has 0 N–H and O–H groups in total. The molecule has 6 heteroatoms. The molecule has 1 aromatic carbocycles. The van der Waals surface area contributed by atoms with Crippen molar-refractivity contribution >= 4 is 11.6 Å². The Bertz CT molecular complexity index is 630. The van der Waals surface area contributed by atoms with E-state index in [4.69, 9.17) is 11.6 Å². The minimum absolute atomic E-state index is 0.0795. The van der Waals surface area contributed by atoms with Crippen LogP contribution in [0.2, 0.25) is 5.02 Å². The third-order valence-electron chi connectivity index (χ3n) is 4.50. The third kappa shape index (κ3) is 2.67. The topological polar surface area (TPSA) is 30.7 Å². The maximum absolute atomic E-state index is 13.8. The Hall–Kier alpha value is -1.49. The first-order valence-corrected chi connectivity index (χ1v) is 7.24. The summed E-state index contributed by atoms with van der Waals surface area (Å²) in [5.74, 6) is -2.85. The summed E-state index contributed by atoms with van der Waals surface area (Å²) in [6.45, 7) is 2.06. The molecule has 1 aliphatic rings. The second kappa shape index (κ2) is 5.05. The van der Waals surface area contributed by atoms with Crippen LogP contribution < -0.4 is 0 Å². The number of hydrogen-bond donors (Lipinski definition) is 0. The maximum Gasteiger partial charge on any atom is 0.254 e. The van der Waals surface area contributed by atoms with Gasteiger partial charge in [0.25, 0.3) is 5.92 Å². The molecule has 3 nitrogen and oxygen atoms in total. The number of aromatic nitrogens is 3. The smallest absolute Gasteiger partial charge is 0.253 e. The molecule has 0 radical (unpaired) electrons. The van der Waals surface area contributed by atoms with Gasteiger partial charge < -0.3 is 0 Å². The average Bonchev–Trinajstić information content (AvgIpc) is 2.81. The Morgan fingerprint density at radius 3 is 2.67 bits per heavy atom. The summed E-state index contributed by atoms with van der Waals surface area (Å²) in [4.78, 5) is 3.88. The van der Waals surface area contributed by atoms with Gasteiger partial charge in [-0.05, 0) is 24.0 Å². The zero-order valence-electron chi connectivity index (χ0n) is 11.6. The summed E-state index contributed by atoms with van der Waals surface area (Å²) in [7, 11) is 0. The first-order valence-electron chi connectivity index (χ1n) is 6.86. The minimum atomic E-state index is -2.61. The molecule has 2 aromatic rings. The zero-order chi connectivity index (χ0) is 15.1. The fraction of sp³-hybridized carbons (Fsp3) is 0.467. The predicted octanol–water partition coefficient (Wildman–Crippen LogP) is 3.84. The molecule has 3 rings (SSSR count). The molecule has 0 bridgehead atoms. The number of nitrogens with zero attached hydrogens (tertiary/aromatic N) is 3.